The van der Waals surface area contributed by atoms with Crippen LogP contribution in [-0.2, 0) is 13.7 Å². The number of nitrogens with zero attached hydrogens (tertiary/aromatic N) is 3. The summed E-state index contributed by atoms with van der Waals surface area (Å²) >= 11 is 0. The van der Waals surface area contributed by atoms with Crippen LogP contribution in [0.1, 0.15) is 51.6 Å². The lowest BCUT2D eigenvalue weighted by molar-refractivity contribution is 0.0939. The monoisotopic (exact) mass is 368 g/mol. The quantitative estimate of drug-likeness (QED) is 0.721. The molecule has 1 amide bonds. The minimum Gasteiger partial charge on any atom is -0.489 e. The molecule has 0 bridgehead atoms. The SMILES string of the molecule is Cc1noc(C)c1COc1cccc(C(=O)NC(C)c2cnn(C)c2C)c1. The number of ether oxygens (including phenoxy) is 1. The van der Waals surface area contributed by atoms with E-state index in [-0.39, 0.29) is 11.9 Å². The maximum atomic E-state index is 12.6. The van der Waals surface area contributed by atoms with Crippen molar-refractivity contribution in [2.75, 3.05) is 0 Å². The number of nitrogens with one attached hydrogen (secondary N) is 1. The molecule has 142 valence electrons. The van der Waals surface area contributed by atoms with Crippen molar-refractivity contribution in [2.24, 2.45) is 7.05 Å². The zero-order chi connectivity index (χ0) is 19.6. The van der Waals surface area contributed by atoms with Crippen molar-refractivity contribution >= 4 is 5.91 Å². The highest BCUT2D eigenvalue weighted by atomic mass is 16.5. The largest absolute Gasteiger partial charge is 0.489 e. The van der Waals surface area contributed by atoms with E-state index in [1.165, 1.54) is 0 Å². The second kappa shape index (κ2) is 7.65. The number of benzene rings is 1. The summed E-state index contributed by atoms with van der Waals surface area (Å²) in [4.78, 5) is 12.6. The van der Waals surface area contributed by atoms with Crippen LogP contribution in [-0.4, -0.2) is 20.8 Å². The van der Waals surface area contributed by atoms with Crippen LogP contribution < -0.4 is 10.1 Å². The Balaban J connectivity index is 1.67. The van der Waals surface area contributed by atoms with Crippen molar-refractivity contribution in [2.45, 2.75) is 40.3 Å². The van der Waals surface area contributed by atoms with Gasteiger partial charge in [0, 0.05) is 23.9 Å². The van der Waals surface area contributed by atoms with Crippen LogP contribution in [0.15, 0.2) is 35.0 Å². The molecule has 1 N–H and O–H groups in total. The van der Waals surface area contributed by atoms with Crippen LogP contribution in [0.2, 0.25) is 0 Å². The van der Waals surface area contributed by atoms with Gasteiger partial charge in [-0.3, -0.25) is 9.48 Å². The average molecular weight is 368 g/mol. The molecule has 0 aliphatic heterocycles. The van der Waals surface area contributed by atoms with Gasteiger partial charge in [0.15, 0.2) is 0 Å². The first-order chi connectivity index (χ1) is 12.9. The Hall–Kier alpha value is -3.09. The van der Waals surface area contributed by atoms with Gasteiger partial charge in [0.2, 0.25) is 0 Å². The van der Waals surface area contributed by atoms with Gasteiger partial charge in [-0.25, -0.2) is 0 Å². The van der Waals surface area contributed by atoms with Crippen molar-refractivity contribution in [1.82, 2.24) is 20.3 Å². The fourth-order valence-corrected chi connectivity index (χ4v) is 2.89. The van der Waals surface area contributed by atoms with E-state index in [2.05, 4.69) is 15.6 Å². The summed E-state index contributed by atoms with van der Waals surface area (Å²) in [5.74, 6) is 1.20. The van der Waals surface area contributed by atoms with E-state index in [0.717, 1.165) is 28.3 Å². The molecule has 7 nitrogen and oxygen atoms in total. The van der Waals surface area contributed by atoms with Gasteiger partial charge in [0.1, 0.15) is 18.1 Å². The molecular formula is C20H24N4O3. The smallest absolute Gasteiger partial charge is 0.251 e. The number of rotatable bonds is 6. The van der Waals surface area contributed by atoms with Crippen LogP contribution in [0, 0.1) is 20.8 Å². The highest BCUT2D eigenvalue weighted by Crippen LogP contribution is 2.20. The third kappa shape index (κ3) is 4.02. The van der Waals surface area contributed by atoms with E-state index in [4.69, 9.17) is 9.26 Å². The van der Waals surface area contributed by atoms with Crippen LogP contribution in [0.25, 0.3) is 0 Å². The van der Waals surface area contributed by atoms with Crippen molar-refractivity contribution < 1.29 is 14.1 Å². The standard InChI is InChI=1S/C20H24N4O3/c1-12(18-10-21-24(5)14(18)3)22-20(25)16-7-6-8-17(9-16)26-11-19-13(2)23-27-15(19)4/h6-10,12H,11H2,1-5H3,(H,22,25). The van der Waals surface area contributed by atoms with E-state index in [9.17, 15) is 4.79 Å². The summed E-state index contributed by atoms with van der Waals surface area (Å²) in [6.45, 7) is 8.00. The minimum absolute atomic E-state index is 0.141. The summed E-state index contributed by atoms with van der Waals surface area (Å²) < 4.78 is 12.8. The maximum Gasteiger partial charge on any atom is 0.251 e. The summed E-state index contributed by atoms with van der Waals surface area (Å²) in [5.41, 5.74) is 4.29. The molecule has 1 atom stereocenters. The van der Waals surface area contributed by atoms with Gasteiger partial charge in [-0.1, -0.05) is 11.2 Å². The van der Waals surface area contributed by atoms with E-state index in [1.54, 1.807) is 29.1 Å². The first-order valence-corrected chi connectivity index (χ1v) is 8.80. The molecule has 0 radical (unpaired) electrons. The molecule has 2 aromatic heterocycles. The fourth-order valence-electron chi connectivity index (χ4n) is 2.89. The molecule has 3 aromatic rings. The highest BCUT2D eigenvalue weighted by Gasteiger charge is 2.16. The molecule has 0 fully saturated rings. The Labute approximate surface area is 158 Å². The third-order valence-corrected chi connectivity index (χ3v) is 4.75. The van der Waals surface area contributed by atoms with Gasteiger partial charge in [-0.05, 0) is 45.9 Å². The molecule has 1 unspecified atom stereocenters. The van der Waals surface area contributed by atoms with Gasteiger partial charge in [0.25, 0.3) is 5.91 Å². The number of aryl methyl sites for hydroxylation is 3. The number of aromatic nitrogens is 3. The highest BCUT2D eigenvalue weighted by molar-refractivity contribution is 5.94. The zero-order valence-corrected chi connectivity index (χ0v) is 16.2. The Morgan fingerprint density at radius 2 is 2.11 bits per heavy atom. The number of hydrogen-bond donors (Lipinski definition) is 1. The maximum absolute atomic E-state index is 12.6. The second-order valence-electron chi connectivity index (χ2n) is 6.62. The molecule has 27 heavy (non-hydrogen) atoms. The van der Waals surface area contributed by atoms with Crippen molar-refractivity contribution in [1.29, 1.82) is 0 Å². The minimum atomic E-state index is -0.159. The molecule has 7 heteroatoms. The lowest BCUT2D eigenvalue weighted by Gasteiger charge is -2.14. The number of carbonyl (C=O) groups excluding carboxylic acids is 1. The lowest BCUT2D eigenvalue weighted by Crippen LogP contribution is -2.27. The van der Waals surface area contributed by atoms with E-state index >= 15 is 0 Å². The van der Waals surface area contributed by atoms with Gasteiger partial charge in [-0.15, -0.1) is 0 Å². The summed E-state index contributed by atoms with van der Waals surface area (Å²) in [5, 5.41) is 11.2. The third-order valence-electron chi connectivity index (χ3n) is 4.75. The Morgan fingerprint density at radius 1 is 1.33 bits per heavy atom. The number of carbonyl (C=O) groups is 1. The fraction of sp³-hybridized carbons (Fsp3) is 0.350. The molecule has 0 aliphatic rings. The number of amides is 1. The molecule has 0 saturated carbocycles. The van der Waals surface area contributed by atoms with Gasteiger partial charge in [-0.2, -0.15) is 5.10 Å². The summed E-state index contributed by atoms with van der Waals surface area (Å²) in [7, 11) is 1.88. The topological polar surface area (TPSA) is 82.2 Å². The first-order valence-electron chi connectivity index (χ1n) is 8.80. The normalized spacial score (nSPS) is 12.0. The van der Waals surface area contributed by atoms with Crippen LogP contribution >= 0.6 is 0 Å². The Morgan fingerprint density at radius 3 is 2.74 bits per heavy atom. The molecule has 0 aliphatic carbocycles. The molecule has 1 aromatic carbocycles. The Bertz CT molecular complexity index is 939. The molecule has 0 spiro atoms. The molecule has 3 rings (SSSR count). The van der Waals surface area contributed by atoms with Crippen LogP contribution in [0.5, 0.6) is 5.75 Å². The molecule has 0 saturated heterocycles. The second-order valence-corrected chi connectivity index (χ2v) is 6.62. The number of hydrogen-bond acceptors (Lipinski definition) is 5. The van der Waals surface area contributed by atoms with Gasteiger partial charge < -0.3 is 14.6 Å². The van der Waals surface area contributed by atoms with Crippen molar-refractivity contribution in [3.8, 4) is 5.75 Å². The van der Waals surface area contributed by atoms with Gasteiger partial charge >= 0.3 is 0 Å². The van der Waals surface area contributed by atoms with E-state index < -0.39 is 0 Å². The average Bonchev–Trinajstić information content (AvgIpc) is 3.15. The van der Waals surface area contributed by atoms with Crippen LogP contribution in [0.4, 0.5) is 0 Å². The molecule has 2 heterocycles. The lowest BCUT2D eigenvalue weighted by atomic mass is 10.1. The predicted octanol–water partition coefficient (Wildman–Crippen LogP) is 3.40. The molecular weight excluding hydrogens is 344 g/mol. The van der Waals surface area contributed by atoms with E-state index in [0.29, 0.717) is 17.9 Å². The predicted molar refractivity (Wildman–Crippen MR) is 101 cm³/mol. The summed E-state index contributed by atoms with van der Waals surface area (Å²) in [6.07, 6.45) is 1.78. The van der Waals surface area contributed by atoms with Crippen LogP contribution in [0.3, 0.4) is 0 Å². The first kappa shape index (κ1) is 18.7. The summed E-state index contributed by atoms with van der Waals surface area (Å²) in [6, 6.07) is 6.98. The van der Waals surface area contributed by atoms with E-state index in [1.807, 2.05) is 40.8 Å². The van der Waals surface area contributed by atoms with Crippen molar-refractivity contribution in [3.05, 3.63) is 64.3 Å². The Kier molecular flexibility index (Phi) is 5.30. The van der Waals surface area contributed by atoms with Gasteiger partial charge in [0.05, 0.1) is 23.5 Å². The van der Waals surface area contributed by atoms with Crippen molar-refractivity contribution in [3.63, 3.8) is 0 Å². The zero-order valence-electron chi connectivity index (χ0n) is 16.2.